The van der Waals surface area contributed by atoms with E-state index >= 15 is 0 Å². The summed E-state index contributed by atoms with van der Waals surface area (Å²) in [5, 5.41) is 22.7. The molecular weight excluding hydrogens is 340 g/mol. The number of ether oxygens (including phenoxy) is 1. The van der Waals surface area contributed by atoms with Gasteiger partial charge < -0.3 is 24.7 Å². The number of carbonyl (C=O) groups excluding carboxylic acids is 1. The number of phenols is 2. The van der Waals surface area contributed by atoms with Gasteiger partial charge in [0.1, 0.15) is 0 Å². The lowest BCUT2D eigenvalue weighted by molar-refractivity contribution is -0.120. The minimum atomic E-state index is -0.695. The summed E-state index contributed by atoms with van der Waals surface area (Å²) < 4.78 is 10.4. The molecule has 1 aliphatic rings. The molecule has 0 aliphatic carbocycles. The number of hydrogen-bond acceptors (Lipinski definition) is 7. The fourth-order valence-electron chi connectivity index (χ4n) is 3.04. The van der Waals surface area contributed by atoms with Gasteiger partial charge in [-0.25, -0.2) is 4.79 Å². The lowest BCUT2D eigenvalue weighted by Crippen LogP contribution is -2.41. The number of hydrogen-bond donors (Lipinski definition) is 3. The van der Waals surface area contributed by atoms with Crippen molar-refractivity contribution < 1.29 is 24.2 Å². The summed E-state index contributed by atoms with van der Waals surface area (Å²) in [6.45, 7) is 6.01. The van der Waals surface area contributed by atoms with E-state index in [0.29, 0.717) is 30.7 Å². The third-order valence-corrected chi connectivity index (χ3v) is 4.60. The molecule has 1 amide bonds. The molecule has 0 radical (unpaired) electrons. The number of carbonyl (C=O) groups is 1. The second kappa shape index (κ2) is 7.76. The zero-order chi connectivity index (χ0) is 18.7. The molecule has 0 unspecified atom stereocenters. The molecule has 0 atom stereocenters. The van der Waals surface area contributed by atoms with E-state index in [2.05, 4.69) is 10.2 Å². The van der Waals surface area contributed by atoms with Crippen molar-refractivity contribution in [3.8, 4) is 11.5 Å². The van der Waals surface area contributed by atoms with E-state index in [-0.39, 0.29) is 29.2 Å². The predicted octanol–water partition coefficient (Wildman–Crippen LogP) is 0.504. The first-order valence-electron chi connectivity index (χ1n) is 8.51. The van der Waals surface area contributed by atoms with E-state index < -0.39 is 11.4 Å². The molecule has 3 rings (SSSR count). The van der Waals surface area contributed by atoms with Crippen LogP contribution in [0.3, 0.4) is 0 Å². The largest absolute Gasteiger partial charge is 0.504 e. The Labute approximate surface area is 150 Å². The highest BCUT2D eigenvalue weighted by Crippen LogP contribution is 2.34. The topological polar surface area (TPSA) is 112 Å². The Morgan fingerprint density at radius 3 is 2.73 bits per heavy atom. The van der Waals surface area contributed by atoms with Gasteiger partial charge in [-0.05, 0) is 24.6 Å². The Morgan fingerprint density at radius 2 is 2.00 bits per heavy atom. The maximum Gasteiger partial charge on any atom is 0.340 e. The van der Waals surface area contributed by atoms with Crippen LogP contribution in [0.15, 0.2) is 21.3 Å². The summed E-state index contributed by atoms with van der Waals surface area (Å²) in [6, 6.07) is 2.86. The van der Waals surface area contributed by atoms with Crippen LogP contribution in [0.25, 0.3) is 11.0 Å². The molecule has 1 aromatic carbocycles. The maximum absolute atomic E-state index is 12.2. The van der Waals surface area contributed by atoms with Gasteiger partial charge in [0.2, 0.25) is 11.7 Å². The highest BCUT2D eigenvalue weighted by Gasteiger charge is 2.18. The van der Waals surface area contributed by atoms with Crippen LogP contribution < -0.4 is 10.9 Å². The van der Waals surface area contributed by atoms with Crippen LogP contribution in [0.2, 0.25) is 0 Å². The van der Waals surface area contributed by atoms with Crippen LogP contribution in [0.4, 0.5) is 0 Å². The van der Waals surface area contributed by atoms with Crippen LogP contribution >= 0.6 is 0 Å². The smallest absolute Gasteiger partial charge is 0.340 e. The molecule has 140 valence electrons. The van der Waals surface area contributed by atoms with Crippen LogP contribution in [0.1, 0.15) is 11.1 Å². The number of nitrogens with one attached hydrogen (secondary N) is 1. The van der Waals surface area contributed by atoms with Crippen LogP contribution in [-0.2, 0) is 16.0 Å². The zero-order valence-electron chi connectivity index (χ0n) is 14.6. The summed E-state index contributed by atoms with van der Waals surface area (Å²) in [5.74, 6) is -1.12. The van der Waals surface area contributed by atoms with Gasteiger partial charge in [0.25, 0.3) is 0 Å². The van der Waals surface area contributed by atoms with E-state index in [1.165, 1.54) is 6.07 Å². The number of amides is 1. The van der Waals surface area contributed by atoms with Crippen molar-refractivity contribution in [2.45, 2.75) is 13.3 Å². The normalized spacial score (nSPS) is 15.3. The number of phenolic OH excluding ortho intramolecular Hbond substituents is 2. The fraction of sp³-hybridized carbons (Fsp3) is 0.444. The first-order chi connectivity index (χ1) is 12.5. The summed E-state index contributed by atoms with van der Waals surface area (Å²) >= 11 is 0. The van der Waals surface area contributed by atoms with Gasteiger partial charge in [-0.15, -0.1) is 0 Å². The van der Waals surface area contributed by atoms with Gasteiger partial charge in [-0.2, -0.15) is 0 Å². The van der Waals surface area contributed by atoms with Crippen molar-refractivity contribution in [2.24, 2.45) is 0 Å². The molecule has 8 heteroatoms. The number of aryl methyl sites for hydroxylation is 1. The molecule has 0 saturated carbocycles. The number of morpholine rings is 1. The molecule has 0 bridgehead atoms. The molecule has 1 aromatic heterocycles. The van der Waals surface area contributed by atoms with Gasteiger partial charge in [0.05, 0.1) is 25.2 Å². The average Bonchev–Trinajstić information content (AvgIpc) is 2.63. The van der Waals surface area contributed by atoms with Crippen LogP contribution in [-0.4, -0.2) is 60.4 Å². The number of rotatable bonds is 5. The average molecular weight is 362 g/mol. The van der Waals surface area contributed by atoms with E-state index in [4.69, 9.17) is 9.15 Å². The number of benzene rings is 1. The molecule has 2 heterocycles. The molecule has 2 aromatic rings. The second-order valence-electron chi connectivity index (χ2n) is 6.28. The zero-order valence-corrected chi connectivity index (χ0v) is 14.6. The number of nitrogens with zero attached hydrogens (tertiary/aromatic N) is 1. The third-order valence-electron chi connectivity index (χ3n) is 4.60. The van der Waals surface area contributed by atoms with Gasteiger partial charge in [0.15, 0.2) is 11.3 Å². The number of fused-ring (bicyclic) bond motifs is 1. The van der Waals surface area contributed by atoms with E-state index in [9.17, 15) is 19.8 Å². The first kappa shape index (κ1) is 18.2. The van der Waals surface area contributed by atoms with E-state index in [1.54, 1.807) is 13.0 Å². The van der Waals surface area contributed by atoms with Gasteiger partial charge in [0, 0.05) is 31.6 Å². The summed E-state index contributed by atoms with van der Waals surface area (Å²) in [4.78, 5) is 26.6. The summed E-state index contributed by atoms with van der Waals surface area (Å²) in [5.41, 5.74) is 0.0181. The van der Waals surface area contributed by atoms with Crippen molar-refractivity contribution in [1.82, 2.24) is 10.2 Å². The molecule has 8 nitrogen and oxygen atoms in total. The fourth-order valence-corrected chi connectivity index (χ4v) is 3.04. The minimum absolute atomic E-state index is 0.0797. The molecule has 1 saturated heterocycles. The Morgan fingerprint density at radius 1 is 1.27 bits per heavy atom. The molecule has 1 aliphatic heterocycles. The van der Waals surface area contributed by atoms with Gasteiger partial charge in [-0.1, -0.05) is 0 Å². The standard InChI is InChI=1S/C18H22N2O6/c1-11-12-2-3-14(21)16(23)17(12)26-18(24)13(11)10-15(22)19-4-5-20-6-8-25-9-7-20/h2-3,21,23H,4-10H2,1H3,(H,19,22). The lowest BCUT2D eigenvalue weighted by Gasteiger charge is -2.26. The van der Waals surface area contributed by atoms with E-state index in [0.717, 1.165) is 19.6 Å². The highest BCUT2D eigenvalue weighted by atomic mass is 16.5. The van der Waals surface area contributed by atoms with Crippen LogP contribution in [0, 0.1) is 6.92 Å². The van der Waals surface area contributed by atoms with Crippen molar-refractivity contribution >= 4 is 16.9 Å². The molecule has 3 N–H and O–H groups in total. The SMILES string of the molecule is Cc1c(CC(=O)NCCN2CCOCC2)c(=O)oc2c(O)c(O)ccc12. The maximum atomic E-state index is 12.2. The summed E-state index contributed by atoms with van der Waals surface area (Å²) in [7, 11) is 0. The van der Waals surface area contributed by atoms with E-state index in [1.807, 2.05) is 0 Å². The second-order valence-corrected chi connectivity index (χ2v) is 6.28. The Kier molecular flexibility index (Phi) is 5.43. The molecule has 1 fully saturated rings. The van der Waals surface area contributed by atoms with Crippen molar-refractivity contribution in [3.63, 3.8) is 0 Å². The Bertz CT molecular complexity index is 870. The quantitative estimate of drug-likeness (QED) is 0.524. The monoisotopic (exact) mass is 362 g/mol. The van der Waals surface area contributed by atoms with Gasteiger partial charge >= 0.3 is 5.63 Å². The Hall–Kier alpha value is -2.58. The number of aromatic hydroxyl groups is 2. The van der Waals surface area contributed by atoms with Crippen molar-refractivity contribution in [2.75, 3.05) is 39.4 Å². The van der Waals surface area contributed by atoms with Crippen LogP contribution in [0.5, 0.6) is 11.5 Å². The lowest BCUT2D eigenvalue weighted by atomic mass is 10.0. The van der Waals surface area contributed by atoms with Gasteiger partial charge in [-0.3, -0.25) is 9.69 Å². The summed E-state index contributed by atoms with van der Waals surface area (Å²) in [6.07, 6.45) is -0.102. The first-order valence-corrected chi connectivity index (χ1v) is 8.51. The van der Waals surface area contributed by atoms with Crippen molar-refractivity contribution in [1.29, 1.82) is 0 Å². The highest BCUT2D eigenvalue weighted by molar-refractivity contribution is 5.89. The predicted molar refractivity (Wildman–Crippen MR) is 94.5 cm³/mol. The van der Waals surface area contributed by atoms with Crippen molar-refractivity contribution in [3.05, 3.63) is 33.7 Å². The molecular formula is C18H22N2O6. The Balaban J connectivity index is 1.69. The minimum Gasteiger partial charge on any atom is -0.504 e. The third kappa shape index (κ3) is 3.81. The molecule has 26 heavy (non-hydrogen) atoms. The molecule has 0 spiro atoms.